The van der Waals surface area contributed by atoms with Crippen LogP contribution in [0.3, 0.4) is 0 Å². The van der Waals surface area contributed by atoms with Crippen molar-refractivity contribution >= 4 is 17.6 Å². The van der Waals surface area contributed by atoms with Crippen LogP contribution in [0.2, 0.25) is 5.02 Å². The molecule has 0 aromatic heterocycles. The van der Waals surface area contributed by atoms with Gasteiger partial charge in [-0.1, -0.05) is 23.8 Å². The summed E-state index contributed by atoms with van der Waals surface area (Å²) in [4.78, 5) is 8.97. The summed E-state index contributed by atoms with van der Waals surface area (Å²) in [5.41, 5.74) is 0.568. The van der Waals surface area contributed by atoms with Crippen molar-refractivity contribution in [1.82, 2.24) is 15.1 Å². The highest BCUT2D eigenvalue weighted by Gasteiger charge is 2.29. The van der Waals surface area contributed by atoms with E-state index in [0.29, 0.717) is 23.2 Å². The van der Waals surface area contributed by atoms with Crippen molar-refractivity contribution in [3.8, 4) is 5.75 Å². The van der Waals surface area contributed by atoms with Crippen molar-refractivity contribution in [2.45, 2.75) is 25.6 Å². The van der Waals surface area contributed by atoms with Gasteiger partial charge in [-0.15, -0.1) is 0 Å². The van der Waals surface area contributed by atoms with E-state index in [9.17, 15) is 8.78 Å². The molecule has 2 aliphatic rings. The number of rotatable bonds is 5. The summed E-state index contributed by atoms with van der Waals surface area (Å²) in [6, 6.07) is 5.13. The molecule has 1 fully saturated rings. The zero-order valence-corrected chi connectivity index (χ0v) is 15.4. The fraction of sp³-hybridized carbons (Fsp3) is 0.500. The molecule has 1 saturated heterocycles. The molecule has 8 heteroatoms. The molecule has 142 valence electrons. The van der Waals surface area contributed by atoms with E-state index in [1.165, 1.54) is 12.1 Å². The van der Waals surface area contributed by atoms with Gasteiger partial charge >= 0.3 is 6.61 Å². The molecule has 5 nitrogen and oxygen atoms in total. The standard InChI is InChI=1S/C18H23ClF2N4O/c1-22-18(25-9-6-15(12-25)24-7-2-3-8-24)23-11-13-10-14(19)4-5-16(13)26-17(20)21/h2-5,10,15,17H,6-9,11-12H2,1H3,(H,22,23). The average molecular weight is 385 g/mol. The Labute approximate surface area is 157 Å². The number of benzene rings is 1. The van der Waals surface area contributed by atoms with Crippen LogP contribution in [0.5, 0.6) is 5.75 Å². The highest BCUT2D eigenvalue weighted by molar-refractivity contribution is 6.30. The lowest BCUT2D eigenvalue weighted by Gasteiger charge is -2.25. The number of aliphatic imine (C=N–C) groups is 1. The molecule has 0 spiro atoms. The Kier molecular flexibility index (Phi) is 6.32. The van der Waals surface area contributed by atoms with Crippen LogP contribution < -0.4 is 10.1 Å². The Morgan fingerprint density at radius 3 is 2.85 bits per heavy atom. The smallest absolute Gasteiger partial charge is 0.387 e. The number of ether oxygens (including phenoxy) is 1. The van der Waals surface area contributed by atoms with Gasteiger partial charge in [-0.2, -0.15) is 8.78 Å². The zero-order valence-electron chi connectivity index (χ0n) is 14.7. The van der Waals surface area contributed by atoms with E-state index < -0.39 is 6.61 Å². The third kappa shape index (κ3) is 4.65. The Hall–Kier alpha value is -1.86. The van der Waals surface area contributed by atoms with Crippen molar-refractivity contribution in [2.24, 2.45) is 4.99 Å². The molecule has 1 N–H and O–H groups in total. The van der Waals surface area contributed by atoms with Crippen LogP contribution in [0.15, 0.2) is 35.3 Å². The van der Waals surface area contributed by atoms with Crippen LogP contribution in [0.1, 0.15) is 12.0 Å². The molecule has 1 unspecified atom stereocenters. The molecule has 3 rings (SSSR count). The number of hydrogen-bond donors (Lipinski definition) is 1. The number of likely N-dealkylation sites (tertiary alicyclic amines) is 1. The SMILES string of the molecule is CN=C(NCc1cc(Cl)ccc1OC(F)F)N1CCC(N2CC=CC2)C1. The van der Waals surface area contributed by atoms with Gasteiger partial charge in [0.25, 0.3) is 0 Å². The van der Waals surface area contributed by atoms with Gasteiger partial charge in [0.1, 0.15) is 5.75 Å². The van der Waals surface area contributed by atoms with Crippen LogP contribution in [0.25, 0.3) is 0 Å². The average Bonchev–Trinajstić information content (AvgIpc) is 3.28. The maximum absolute atomic E-state index is 12.6. The van der Waals surface area contributed by atoms with Gasteiger partial charge in [0.15, 0.2) is 5.96 Å². The van der Waals surface area contributed by atoms with E-state index >= 15 is 0 Å². The first-order valence-electron chi connectivity index (χ1n) is 8.64. The summed E-state index contributed by atoms with van der Waals surface area (Å²) in [5, 5.41) is 3.71. The summed E-state index contributed by atoms with van der Waals surface area (Å²) in [7, 11) is 1.72. The van der Waals surface area contributed by atoms with E-state index in [-0.39, 0.29) is 5.75 Å². The Morgan fingerprint density at radius 2 is 2.15 bits per heavy atom. The van der Waals surface area contributed by atoms with E-state index in [2.05, 4.69) is 37.0 Å². The minimum absolute atomic E-state index is 0.120. The molecule has 26 heavy (non-hydrogen) atoms. The molecule has 0 amide bonds. The molecule has 0 bridgehead atoms. The van der Waals surface area contributed by atoms with Crippen LogP contribution in [0, 0.1) is 0 Å². The molecule has 0 radical (unpaired) electrons. The van der Waals surface area contributed by atoms with Crippen molar-refractivity contribution in [3.63, 3.8) is 0 Å². The molecule has 0 aliphatic carbocycles. The highest BCUT2D eigenvalue weighted by atomic mass is 35.5. The molecular formula is C18H23ClF2N4O. The number of alkyl halides is 2. The number of nitrogens with one attached hydrogen (secondary N) is 1. The van der Waals surface area contributed by atoms with Gasteiger partial charge in [-0.3, -0.25) is 9.89 Å². The third-order valence-electron chi connectivity index (χ3n) is 4.71. The van der Waals surface area contributed by atoms with Gasteiger partial charge in [-0.25, -0.2) is 0 Å². The van der Waals surface area contributed by atoms with Crippen molar-refractivity contribution in [1.29, 1.82) is 0 Å². The second kappa shape index (κ2) is 8.68. The lowest BCUT2D eigenvalue weighted by molar-refractivity contribution is -0.0504. The Bertz CT molecular complexity index is 675. The van der Waals surface area contributed by atoms with Crippen LogP contribution >= 0.6 is 11.6 Å². The van der Waals surface area contributed by atoms with Crippen molar-refractivity contribution in [3.05, 3.63) is 40.9 Å². The maximum Gasteiger partial charge on any atom is 0.387 e. The van der Waals surface area contributed by atoms with Crippen molar-refractivity contribution < 1.29 is 13.5 Å². The molecule has 2 aliphatic heterocycles. The maximum atomic E-state index is 12.6. The highest BCUT2D eigenvalue weighted by Crippen LogP contribution is 2.25. The number of nitrogens with zero attached hydrogens (tertiary/aromatic N) is 3. The number of hydrogen-bond acceptors (Lipinski definition) is 3. The normalized spacial score (nSPS) is 21.0. The molecule has 1 aromatic carbocycles. The van der Waals surface area contributed by atoms with Crippen molar-refractivity contribution in [2.75, 3.05) is 33.2 Å². The molecule has 0 saturated carbocycles. The van der Waals surface area contributed by atoms with E-state index in [1.54, 1.807) is 13.1 Å². The minimum atomic E-state index is -2.87. The predicted octanol–water partition coefficient (Wildman–Crippen LogP) is 2.96. The predicted molar refractivity (Wildman–Crippen MR) is 99.0 cm³/mol. The summed E-state index contributed by atoms with van der Waals surface area (Å²) in [6.07, 6.45) is 5.47. The van der Waals surface area contributed by atoms with E-state index in [0.717, 1.165) is 38.6 Å². The lowest BCUT2D eigenvalue weighted by atomic mass is 10.2. The van der Waals surface area contributed by atoms with E-state index in [4.69, 9.17) is 11.6 Å². The molecular weight excluding hydrogens is 362 g/mol. The topological polar surface area (TPSA) is 40.1 Å². The van der Waals surface area contributed by atoms with Gasteiger partial charge in [0, 0.05) is 56.4 Å². The molecule has 2 heterocycles. The Morgan fingerprint density at radius 1 is 1.38 bits per heavy atom. The van der Waals surface area contributed by atoms with Gasteiger partial charge in [0.2, 0.25) is 0 Å². The first-order valence-corrected chi connectivity index (χ1v) is 9.02. The quantitative estimate of drug-likeness (QED) is 0.481. The fourth-order valence-electron chi connectivity index (χ4n) is 3.43. The molecule has 1 atom stereocenters. The summed E-state index contributed by atoms with van der Waals surface area (Å²) in [6.45, 7) is 1.25. The number of guanidine groups is 1. The minimum Gasteiger partial charge on any atom is -0.434 e. The van der Waals surface area contributed by atoms with Gasteiger partial charge < -0.3 is 15.0 Å². The second-order valence-electron chi connectivity index (χ2n) is 6.35. The van der Waals surface area contributed by atoms with Crippen LogP contribution in [-0.4, -0.2) is 61.6 Å². The first kappa shape index (κ1) is 18.9. The lowest BCUT2D eigenvalue weighted by Crippen LogP contribution is -2.42. The number of halogens is 3. The van der Waals surface area contributed by atoms with E-state index in [1.807, 2.05) is 0 Å². The second-order valence-corrected chi connectivity index (χ2v) is 6.78. The largest absolute Gasteiger partial charge is 0.434 e. The summed E-state index contributed by atoms with van der Waals surface area (Å²) < 4.78 is 29.7. The monoisotopic (exact) mass is 384 g/mol. The third-order valence-corrected chi connectivity index (χ3v) is 4.95. The Balaban J connectivity index is 1.60. The first-order chi connectivity index (χ1) is 12.6. The summed E-state index contributed by atoms with van der Waals surface area (Å²) in [5.74, 6) is 0.873. The van der Waals surface area contributed by atoms with Gasteiger partial charge in [0.05, 0.1) is 0 Å². The van der Waals surface area contributed by atoms with Crippen LogP contribution in [-0.2, 0) is 6.54 Å². The van der Waals surface area contributed by atoms with Crippen LogP contribution in [0.4, 0.5) is 8.78 Å². The van der Waals surface area contributed by atoms with Gasteiger partial charge in [-0.05, 0) is 24.6 Å². The summed E-state index contributed by atoms with van der Waals surface area (Å²) >= 11 is 6.00. The zero-order chi connectivity index (χ0) is 18.5. The fourth-order valence-corrected chi connectivity index (χ4v) is 3.62. The molecule has 1 aromatic rings.